The van der Waals surface area contributed by atoms with Crippen LogP contribution < -0.4 is 5.32 Å². The highest BCUT2D eigenvalue weighted by Gasteiger charge is 2.30. The van der Waals surface area contributed by atoms with Crippen LogP contribution in [0.1, 0.15) is 15.9 Å². The highest BCUT2D eigenvalue weighted by Crippen LogP contribution is 2.28. The van der Waals surface area contributed by atoms with E-state index in [9.17, 15) is 22.4 Å². The predicted octanol–water partition coefficient (Wildman–Crippen LogP) is 3.49. The SMILES string of the molecule is O=C(Nc1ccc(C(F)(F)F)cn1)c1ccccc1F. The van der Waals surface area contributed by atoms with Gasteiger partial charge in [0.25, 0.3) is 5.91 Å². The molecule has 2 aromatic rings. The molecule has 0 atom stereocenters. The number of rotatable bonds is 2. The zero-order chi connectivity index (χ0) is 14.8. The number of carbonyl (C=O) groups excluding carboxylic acids is 1. The van der Waals surface area contributed by atoms with Crippen LogP contribution in [0.5, 0.6) is 0 Å². The normalized spacial score (nSPS) is 11.2. The molecule has 2 rings (SSSR count). The van der Waals surface area contributed by atoms with Crippen LogP contribution in [-0.2, 0) is 6.18 Å². The molecule has 0 saturated heterocycles. The van der Waals surface area contributed by atoms with Crippen molar-refractivity contribution in [1.29, 1.82) is 0 Å². The van der Waals surface area contributed by atoms with E-state index in [0.717, 1.165) is 18.2 Å². The molecule has 7 heteroatoms. The van der Waals surface area contributed by atoms with Crippen molar-refractivity contribution in [2.75, 3.05) is 5.32 Å². The second-order valence-electron chi connectivity index (χ2n) is 3.86. The fourth-order valence-electron chi connectivity index (χ4n) is 1.46. The molecule has 3 nitrogen and oxygen atoms in total. The van der Waals surface area contributed by atoms with Crippen molar-refractivity contribution in [2.24, 2.45) is 0 Å². The third-order valence-electron chi connectivity index (χ3n) is 2.45. The summed E-state index contributed by atoms with van der Waals surface area (Å²) in [6, 6.07) is 7.04. The Bertz CT molecular complexity index is 623. The predicted molar refractivity (Wildman–Crippen MR) is 63.6 cm³/mol. The van der Waals surface area contributed by atoms with Gasteiger partial charge in [-0.25, -0.2) is 9.37 Å². The molecule has 1 aromatic heterocycles. The lowest BCUT2D eigenvalue weighted by Gasteiger charge is -2.08. The number of nitrogens with one attached hydrogen (secondary N) is 1. The van der Waals surface area contributed by atoms with Crippen LogP contribution in [0.2, 0.25) is 0 Å². The monoisotopic (exact) mass is 284 g/mol. The quantitative estimate of drug-likeness (QED) is 0.858. The Morgan fingerprint density at radius 2 is 1.80 bits per heavy atom. The van der Waals surface area contributed by atoms with Gasteiger partial charge in [-0.05, 0) is 24.3 Å². The highest BCUT2D eigenvalue weighted by atomic mass is 19.4. The first-order valence-corrected chi connectivity index (χ1v) is 5.47. The number of nitrogens with zero attached hydrogens (tertiary/aromatic N) is 1. The first-order valence-electron chi connectivity index (χ1n) is 5.47. The fraction of sp³-hybridized carbons (Fsp3) is 0.0769. The summed E-state index contributed by atoms with van der Waals surface area (Å²) in [6.07, 6.45) is -3.90. The summed E-state index contributed by atoms with van der Waals surface area (Å²) in [7, 11) is 0. The van der Waals surface area contributed by atoms with E-state index in [0.29, 0.717) is 6.20 Å². The maximum Gasteiger partial charge on any atom is 0.417 e. The third-order valence-corrected chi connectivity index (χ3v) is 2.45. The largest absolute Gasteiger partial charge is 0.417 e. The van der Waals surface area contributed by atoms with Crippen molar-refractivity contribution < 1.29 is 22.4 Å². The van der Waals surface area contributed by atoms with Gasteiger partial charge < -0.3 is 5.32 Å². The molecule has 0 aliphatic heterocycles. The molecule has 0 fully saturated rings. The minimum absolute atomic E-state index is 0.0914. The number of hydrogen-bond donors (Lipinski definition) is 1. The molecule has 0 radical (unpaired) electrons. The Morgan fingerprint density at radius 1 is 1.10 bits per heavy atom. The molecule has 0 unspecified atom stereocenters. The molecule has 1 heterocycles. The number of pyridine rings is 1. The number of carbonyl (C=O) groups is 1. The van der Waals surface area contributed by atoms with Crippen molar-refractivity contribution in [3.05, 3.63) is 59.5 Å². The van der Waals surface area contributed by atoms with Gasteiger partial charge >= 0.3 is 6.18 Å². The van der Waals surface area contributed by atoms with E-state index in [1.165, 1.54) is 18.2 Å². The number of amides is 1. The van der Waals surface area contributed by atoms with Gasteiger partial charge in [0.1, 0.15) is 11.6 Å². The van der Waals surface area contributed by atoms with E-state index in [4.69, 9.17) is 0 Å². The summed E-state index contributed by atoms with van der Waals surface area (Å²) in [5.74, 6) is -1.60. The maximum absolute atomic E-state index is 13.3. The van der Waals surface area contributed by atoms with Gasteiger partial charge in [0.15, 0.2) is 0 Å². The van der Waals surface area contributed by atoms with Crippen molar-refractivity contribution in [3.63, 3.8) is 0 Å². The highest BCUT2D eigenvalue weighted by molar-refractivity contribution is 6.03. The van der Waals surface area contributed by atoms with Crippen molar-refractivity contribution in [2.45, 2.75) is 6.18 Å². The van der Waals surface area contributed by atoms with Crippen LogP contribution in [0.3, 0.4) is 0 Å². The van der Waals surface area contributed by atoms with Crippen LogP contribution in [0.4, 0.5) is 23.4 Å². The number of benzene rings is 1. The lowest BCUT2D eigenvalue weighted by molar-refractivity contribution is -0.137. The molecule has 0 bridgehead atoms. The molecule has 1 aromatic carbocycles. The molecule has 0 aliphatic carbocycles. The topological polar surface area (TPSA) is 42.0 Å². The molecule has 104 valence electrons. The minimum Gasteiger partial charge on any atom is -0.306 e. The third kappa shape index (κ3) is 3.11. The molecular formula is C13H8F4N2O. The second kappa shape index (κ2) is 5.28. The summed E-state index contributed by atoms with van der Waals surface area (Å²) in [5, 5.41) is 2.22. The van der Waals surface area contributed by atoms with Crippen LogP contribution in [0.25, 0.3) is 0 Å². The van der Waals surface area contributed by atoms with E-state index in [-0.39, 0.29) is 11.4 Å². The molecule has 1 amide bonds. The molecular weight excluding hydrogens is 276 g/mol. The van der Waals surface area contributed by atoms with E-state index in [2.05, 4.69) is 10.3 Å². The van der Waals surface area contributed by atoms with E-state index < -0.39 is 23.5 Å². The van der Waals surface area contributed by atoms with Crippen LogP contribution >= 0.6 is 0 Å². The van der Waals surface area contributed by atoms with Crippen molar-refractivity contribution >= 4 is 11.7 Å². The first kappa shape index (κ1) is 14.0. The second-order valence-corrected chi connectivity index (χ2v) is 3.86. The van der Waals surface area contributed by atoms with E-state index in [1.807, 2.05) is 0 Å². The smallest absolute Gasteiger partial charge is 0.306 e. The average Bonchev–Trinajstić information content (AvgIpc) is 2.38. The van der Waals surface area contributed by atoms with E-state index >= 15 is 0 Å². The van der Waals surface area contributed by atoms with Crippen LogP contribution in [-0.4, -0.2) is 10.9 Å². The van der Waals surface area contributed by atoms with Gasteiger partial charge in [0.2, 0.25) is 0 Å². The fourth-order valence-corrected chi connectivity index (χ4v) is 1.46. The number of anilines is 1. The van der Waals surface area contributed by atoms with Gasteiger partial charge in [0.05, 0.1) is 11.1 Å². The van der Waals surface area contributed by atoms with Gasteiger partial charge in [-0.1, -0.05) is 12.1 Å². The molecule has 0 aliphatic rings. The summed E-state index contributed by atoms with van der Waals surface area (Å²) in [6.45, 7) is 0. The Balaban J connectivity index is 2.15. The standard InChI is InChI=1S/C13H8F4N2O/c14-10-4-2-1-3-9(10)12(20)19-11-6-5-8(7-18-11)13(15,16)17/h1-7H,(H,18,19,20). The maximum atomic E-state index is 13.3. The Morgan fingerprint density at radius 3 is 2.35 bits per heavy atom. The number of aromatic nitrogens is 1. The van der Waals surface area contributed by atoms with Gasteiger partial charge in [0, 0.05) is 6.20 Å². The van der Waals surface area contributed by atoms with E-state index in [1.54, 1.807) is 0 Å². The average molecular weight is 284 g/mol. The summed E-state index contributed by atoms with van der Waals surface area (Å²) in [5.41, 5.74) is -1.14. The molecule has 0 spiro atoms. The minimum atomic E-state index is -4.50. The first-order chi connectivity index (χ1) is 9.38. The Labute approximate surface area is 111 Å². The van der Waals surface area contributed by atoms with Crippen LogP contribution in [0.15, 0.2) is 42.6 Å². The summed E-state index contributed by atoms with van der Waals surface area (Å²) >= 11 is 0. The lowest BCUT2D eigenvalue weighted by Crippen LogP contribution is -2.15. The molecule has 1 N–H and O–H groups in total. The van der Waals surface area contributed by atoms with Crippen molar-refractivity contribution in [1.82, 2.24) is 4.98 Å². The Kier molecular flexibility index (Phi) is 3.69. The van der Waals surface area contributed by atoms with Gasteiger partial charge in [-0.15, -0.1) is 0 Å². The summed E-state index contributed by atoms with van der Waals surface area (Å²) < 4.78 is 50.3. The number of halogens is 4. The molecule has 20 heavy (non-hydrogen) atoms. The summed E-state index contributed by atoms with van der Waals surface area (Å²) in [4.78, 5) is 15.2. The van der Waals surface area contributed by atoms with Gasteiger partial charge in [-0.2, -0.15) is 13.2 Å². The van der Waals surface area contributed by atoms with Gasteiger partial charge in [-0.3, -0.25) is 4.79 Å². The lowest BCUT2D eigenvalue weighted by atomic mass is 10.2. The van der Waals surface area contributed by atoms with Crippen molar-refractivity contribution in [3.8, 4) is 0 Å². The zero-order valence-corrected chi connectivity index (χ0v) is 9.91. The number of alkyl halides is 3. The zero-order valence-electron chi connectivity index (χ0n) is 9.91. The number of hydrogen-bond acceptors (Lipinski definition) is 2. The Hall–Kier alpha value is -2.44. The molecule has 0 saturated carbocycles. The van der Waals surface area contributed by atoms with Crippen LogP contribution in [0, 0.1) is 5.82 Å².